The van der Waals surface area contributed by atoms with E-state index in [1.807, 2.05) is 0 Å². The maximum absolute atomic E-state index is 3.99. The third-order valence-electron chi connectivity index (χ3n) is 5.08. The van der Waals surface area contributed by atoms with Crippen LogP contribution in [0, 0.1) is 11.3 Å². The van der Waals surface area contributed by atoms with Gasteiger partial charge in [-0.2, -0.15) is 0 Å². The average Bonchev–Trinajstić information content (AvgIpc) is 2.67. The quantitative estimate of drug-likeness (QED) is 0.758. The Labute approximate surface area is 108 Å². The molecule has 2 atom stereocenters. The van der Waals surface area contributed by atoms with Crippen molar-refractivity contribution >= 4 is 0 Å². The van der Waals surface area contributed by atoms with Crippen LogP contribution in [0.25, 0.3) is 0 Å². The molecule has 0 amide bonds. The lowest BCUT2D eigenvalue weighted by Gasteiger charge is -2.33. The van der Waals surface area contributed by atoms with Crippen LogP contribution in [0.1, 0.15) is 78.6 Å². The molecular formula is C16H31N. The lowest BCUT2D eigenvalue weighted by molar-refractivity contribution is 0.240. The van der Waals surface area contributed by atoms with E-state index in [1.165, 1.54) is 57.8 Å². The molecule has 0 bridgehead atoms. The molecule has 100 valence electrons. The third kappa shape index (κ3) is 3.71. The van der Waals surface area contributed by atoms with Crippen LogP contribution in [0.4, 0.5) is 0 Å². The van der Waals surface area contributed by atoms with Crippen molar-refractivity contribution < 1.29 is 0 Å². The molecule has 1 nitrogen and oxygen atoms in total. The lowest BCUT2D eigenvalue weighted by atomic mass is 9.82. The van der Waals surface area contributed by atoms with E-state index in [-0.39, 0.29) is 0 Å². The van der Waals surface area contributed by atoms with Crippen LogP contribution in [0.2, 0.25) is 0 Å². The highest BCUT2D eigenvalue weighted by atomic mass is 15.0. The number of nitrogens with one attached hydrogen (secondary N) is 1. The Morgan fingerprint density at radius 3 is 2.35 bits per heavy atom. The lowest BCUT2D eigenvalue weighted by Crippen LogP contribution is -2.42. The smallest absolute Gasteiger partial charge is 0.00952 e. The molecule has 2 fully saturated rings. The molecule has 17 heavy (non-hydrogen) atoms. The summed E-state index contributed by atoms with van der Waals surface area (Å²) in [5, 5.41) is 3.99. The molecule has 0 aromatic rings. The van der Waals surface area contributed by atoms with Gasteiger partial charge in [-0.25, -0.2) is 0 Å². The fourth-order valence-corrected chi connectivity index (χ4v) is 4.00. The molecule has 2 saturated carbocycles. The van der Waals surface area contributed by atoms with Gasteiger partial charge in [0.2, 0.25) is 0 Å². The summed E-state index contributed by atoms with van der Waals surface area (Å²) in [6.07, 6.45) is 12.9. The largest absolute Gasteiger partial charge is 0.311 e. The Morgan fingerprint density at radius 2 is 1.82 bits per heavy atom. The molecule has 0 aromatic carbocycles. The Kier molecular flexibility index (Phi) is 4.52. The summed E-state index contributed by atoms with van der Waals surface area (Å²) in [6, 6.07) is 1.60. The molecule has 1 N–H and O–H groups in total. The highest BCUT2D eigenvalue weighted by molar-refractivity contribution is 4.90. The van der Waals surface area contributed by atoms with Crippen molar-refractivity contribution in [3.63, 3.8) is 0 Å². The predicted octanol–water partition coefficient (Wildman–Crippen LogP) is 4.51. The van der Waals surface area contributed by atoms with Gasteiger partial charge < -0.3 is 5.32 Å². The van der Waals surface area contributed by atoms with Crippen molar-refractivity contribution in [2.45, 2.75) is 90.6 Å². The first-order valence-corrected chi connectivity index (χ1v) is 7.87. The van der Waals surface area contributed by atoms with Crippen LogP contribution >= 0.6 is 0 Å². The zero-order chi connectivity index (χ0) is 12.3. The van der Waals surface area contributed by atoms with Gasteiger partial charge >= 0.3 is 0 Å². The topological polar surface area (TPSA) is 12.0 Å². The zero-order valence-electron chi connectivity index (χ0n) is 12.1. The van der Waals surface area contributed by atoms with Crippen molar-refractivity contribution in [3.05, 3.63) is 0 Å². The van der Waals surface area contributed by atoms with E-state index in [4.69, 9.17) is 0 Å². The molecule has 2 aliphatic carbocycles. The highest BCUT2D eigenvalue weighted by Crippen LogP contribution is 2.38. The first-order valence-electron chi connectivity index (χ1n) is 7.87. The zero-order valence-corrected chi connectivity index (χ0v) is 12.1. The van der Waals surface area contributed by atoms with E-state index >= 15 is 0 Å². The first kappa shape index (κ1) is 13.4. The Hall–Kier alpha value is -0.0400. The van der Waals surface area contributed by atoms with E-state index in [1.54, 1.807) is 0 Å². The van der Waals surface area contributed by atoms with Crippen LogP contribution < -0.4 is 5.32 Å². The minimum absolute atomic E-state index is 0.586. The van der Waals surface area contributed by atoms with E-state index in [0.717, 1.165) is 18.0 Å². The van der Waals surface area contributed by atoms with Gasteiger partial charge in [-0.1, -0.05) is 40.0 Å². The molecule has 0 aliphatic heterocycles. The van der Waals surface area contributed by atoms with E-state index in [2.05, 4.69) is 26.1 Å². The molecular weight excluding hydrogens is 206 g/mol. The maximum Gasteiger partial charge on any atom is 0.00952 e. The van der Waals surface area contributed by atoms with Crippen LogP contribution in [-0.4, -0.2) is 12.1 Å². The van der Waals surface area contributed by atoms with Crippen LogP contribution in [-0.2, 0) is 0 Å². The minimum Gasteiger partial charge on any atom is -0.311 e. The molecule has 0 spiro atoms. The van der Waals surface area contributed by atoms with Crippen molar-refractivity contribution in [1.29, 1.82) is 0 Å². The summed E-state index contributed by atoms with van der Waals surface area (Å²) < 4.78 is 0. The minimum atomic E-state index is 0.586. The Bertz CT molecular complexity index is 228. The number of hydrogen-bond donors (Lipinski definition) is 1. The molecule has 0 saturated heterocycles. The summed E-state index contributed by atoms with van der Waals surface area (Å²) in [6.45, 7) is 7.22. The van der Waals surface area contributed by atoms with Gasteiger partial charge in [-0.3, -0.25) is 0 Å². The summed E-state index contributed by atoms with van der Waals surface area (Å²) in [5.41, 5.74) is 0.586. The standard InChI is InChI=1S/C16H31N/c1-4-15(13-8-6-5-7-9-13)17-14-10-11-16(2,3)12-14/h13-15,17H,4-12H2,1-3H3. The van der Waals surface area contributed by atoms with Crippen molar-refractivity contribution in [3.8, 4) is 0 Å². The first-order chi connectivity index (χ1) is 8.11. The second kappa shape index (κ2) is 5.73. The highest BCUT2D eigenvalue weighted by Gasteiger charge is 2.33. The molecule has 2 aliphatic rings. The molecule has 2 rings (SSSR count). The summed E-state index contributed by atoms with van der Waals surface area (Å²) in [5.74, 6) is 0.970. The Morgan fingerprint density at radius 1 is 1.12 bits per heavy atom. The van der Waals surface area contributed by atoms with Gasteiger partial charge in [0.1, 0.15) is 0 Å². The second-order valence-corrected chi connectivity index (χ2v) is 7.18. The third-order valence-corrected chi connectivity index (χ3v) is 5.08. The van der Waals surface area contributed by atoms with Crippen molar-refractivity contribution in [1.82, 2.24) is 5.32 Å². The fraction of sp³-hybridized carbons (Fsp3) is 1.00. The van der Waals surface area contributed by atoms with Crippen molar-refractivity contribution in [2.75, 3.05) is 0 Å². The molecule has 1 heteroatoms. The fourth-order valence-electron chi connectivity index (χ4n) is 4.00. The van der Waals surface area contributed by atoms with E-state index < -0.39 is 0 Å². The van der Waals surface area contributed by atoms with Crippen LogP contribution in [0.15, 0.2) is 0 Å². The van der Waals surface area contributed by atoms with Gasteiger partial charge in [0.25, 0.3) is 0 Å². The monoisotopic (exact) mass is 237 g/mol. The van der Waals surface area contributed by atoms with Gasteiger partial charge in [-0.05, 0) is 49.9 Å². The normalized spacial score (nSPS) is 31.6. The number of rotatable bonds is 4. The average molecular weight is 237 g/mol. The molecule has 0 aromatic heterocycles. The maximum atomic E-state index is 3.99. The molecule has 0 heterocycles. The second-order valence-electron chi connectivity index (χ2n) is 7.18. The van der Waals surface area contributed by atoms with Gasteiger partial charge in [0, 0.05) is 12.1 Å². The Balaban J connectivity index is 1.82. The van der Waals surface area contributed by atoms with E-state index in [0.29, 0.717) is 5.41 Å². The van der Waals surface area contributed by atoms with Gasteiger partial charge in [0.05, 0.1) is 0 Å². The molecule has 0 radical (unpaired) electrons. The van der Waals surface area contributed by atoms with Crippen molar-refractivity contribution in [2.24, 2.45) is 11.3 Å². The van der Waals surface area contributed by atoms with Crippen LogP contribution in [0.5, 0.6) is 0 Å². The van der Waals surface area contributed by atoms with Gasteiger partial charge in [-0.15, -0.1) is 0 Å². The summed E-state index contributed by atoms with van der Waals surface area (Å²) in [4.78, 5) is 0. The predicted molar refractivity (Wildman–Crippen MR) is 75.2 cm³/mol. The molecule has 2 unspecified atom stereocenters. The van der Waals surface area contributed by atoms with Gasteiger partial charge in [0.15, 0.2) is 0 Å². The number of hydrogen-bond acceptors (Lipinski definition) is 1. The van der Waals surface area contributed by atoms with E-state index in [9.17, 15) is 0 Å². The SMILES string of the molecule is CCC(NC1CCC(C)(C)C1)C1CCCCC1. The summed E-state index contributed by atoms with van der Waals surface area (Å²) in [7, 11) is 0. The van der Waals surface area contributed by atoms with Crippen LogP contribution in [0.3, 0.4) is 0 Å². The summed E-state index contributed by atoms with van der Waals surface area (Å²) >= 11 is 0.